The van der Waals surface area contributed by atoms with Gasteiger partial charge in [-0.25, -0.2) is 8.78 Å². The van der Waals surface area contributed by atoms with E-state index in [2.05, 4.69) is 4.98 Å². The number of benzene rings is 1. The van der Waals surface area contributed by atoms with Gasteiger partial charge in [-0.3, -0.25) is 9.78 Å². The first-order valence-electron chi connectivity index (χ1n) is 5.92. The Morgan fingerprint density at radius 1 is 1.16 bits per heavy atom. The molecule has 0 saturated heterocycles. The Morgan fingerprint density at radius 2 is 1.95 bits per heavy atom. The number of aromatic nitrogens is 1. The zero-order valence-electron chi connectivity index (χ0n) is 10.5. The lowest BCUT2D eigenvalue weighted by atomic mass is 10.0. The van der Waals surface area contributed by atoms with Gasteiger partial charge in [-0.05, 0) is 36.2 Å². The largest absolute Gasteiger partial charge is 0.299 e. The summed E-state index contributed by atoms with van der Waals surface area (Å²) >= 11 is 0. The second kappa shape index (κ2) is 5.69. The number of hydrogen-bond acceptors (Lipinski definition) is 2. The highest BCUT2D eigenvalue weighted by atomic mass is 19.1. The van der Waals surface area contributed by atoms with Gasteiger partial charge in [-0.1, -0.05) is 12.1 Å². The first-order chi connectivity index (χ1) is 9.04. The number of carbonyl (C=O) groups excluding carboxylic acids is 1. The lowest BCUT2D eigenvalue weighted by Gasteiger charge is -2.03. The van der Waals surface area contributed by atoms with E-state index in [1.54, 1.807) is 19.1 Å². The van der Waals surface area contributed by atoms with Crippen molar-refractivity contribution < 1.29 is 13.6 Å². The summed E-state index contributed by atoms with van der Waals surface area (Å²) in [6, 6.07) is 7.37. The molecule has 0 aliphatic carbocycles. The van der Waals surface area contributed by atoms with E-state index in [0.29, 0.717) is 11.3 Å². The van der Waals surface area contributed by atoms with Crippen LogP contribution in [0.2, 0.25) is 0 Å². The molecule has 0 spiro atoms. The van der Waals surface area contributed by atoms with Crippen LogP contribution in [0.1, 0.15) is 16.8 Å². The molecule has 0 atom stereocenters. The zero-order chi connectivity index (χ0) is 13.8. The van der Waals surface area contributed by atoms with E-state index in [9.17, 15) is 13.6 Å². The quantitative estimate of drug-likeness (QED) is 0.846. The Labute approximate surface area is 110 Å². The molecule has 2 aromatic rings. The maximum absolute atomic E-state index is 13.1. The number of ketones is 1. The second-order valence-electron chi connectivity index (χ2n) is 4.44. The van der Waals surface area contributed by atoms with Crippen molar-refractivity contribution in [2.24, 2.45) is 0 Å². The highest BCUT2D eigenvalue weighted by molar-refractivity contribution is 5.82. The highest BCUT2D eigenvalue weighted by Crippen LogP contribution is 2.11. The Morgan fingerprint density at radius 3 is 2.58 bits per heavy atom. The van der Waals surface area contributed by atoms with Crippen LogP contribution in [0.15, 0.2) is 36.5 Å². The van der Waals surface area contributed by atoms with Gasteiger partial charge in [0.05, 0.1) is 6.20 Å². The Hall–Kier alpha value is -2.10. The number of nitrogens with zero attached hydrogens (tertiary/aromatic N) is 1. The van der Waals surface area contributed by atoms with E-state index in [0.717, 1.165) is 11.8 Å². The Kier molecular flexibility index (Phi) is 4.00. The summed E-state index contributed by atoms with van der Waals surface area (Å²) in [4.78, 5) is 15.7. The van der Waals surface area contributed by atoms with Crippen LogP contribution in [0.3, 0.4) is 0 Å². The van der Waals surface area contributed by atoms with Crippen LogP contribution in [0.25, 0.3) is 0 Å². The SMILES string of the molecule is Cc1cc(CC(=O)Cc2ccc(F)cn2)ccc1F. The molecule has 0 fully saturated rings. The summed E-state index contributed by atoms with van der Waals surface area (Å²) in [5, 5.41) is 0. The number of hydrogen-bond donors (Lipinski definition) is 0. The van der Waals surface area contributed by atoms with Crippen molar-refractivity contribution >= 4 is 5.78 Å². The van der Waals surface area contributed by atoms with Crippen molar-refractivity contribution in [1.82, 2.24) is 4.98 Å². The van der Waals surface area contributed by atoms with Crippen molar-refractivity contribution in [1.29, 1.82) is 0 Å². The van der Waals surface area contributed by atoms with Gasteiger partial charge >= 0.3 is 0 Å². The fraction of sp³-hybridized carbons (Fsp3) is 0.200. The molecule has 2 rings (SSSR count). The molecule has 0 amide bonds. The second-order valence-corrected chi connectivity index (χ2v) is 4.44. The van der Waals surface area contributed by atoms with E-state index < -0.39 is 5.82 Å². The van der Waals surface area contributed by atoms with Crippen LogP contribution in [-0.2, 0) is 17.6 Å². The third kappa shape index (κ3) is 3.68. The molecule has 0 aliphatic rings. The van der Waals surface area contributed by atoms with Gasteiger partial charge in [0.1, 0.15) is 17.4 Å². The molecule has 1 heterocycles. The third-order valence-electron chi connectivity index (χ3n) is 2.79. The van der Waals surface area contributed by atoms with E-state index in [-0.39, 0.29) is 24.4 Å². The molecule has 1 aromatic heterocycles. The standard InChI is InChI=1S/C15H13F2NO/c1-10-6-11(2-5-15(10)17)7-14(19)8-13-4-3-12(16)9-18-13/h2-6,9H,7-8H2,1H3. The summed E-state index contributed by atoms with van der Waals surface area (Å²) in [5.41, 5.74) is 1.82. The molecule has 0 N–H and O–H groups in total. The predicted octanol–water partition coefficient (Wildman–Crippen LogP) is 3.02. The minimum Gasteiger partial charge on any atom is -0.299 e. The molecule has 0 aliphatic heterocycles. The average Bonchev–Trinajstić information content (AvgIpc) is 2.37. The molecular weight excluding hydrogens is 248 g/mol. The van der Waals surface area contributed by atoms with Crippen LogP contribution in [-0.4, -0.2) is 10.8 Å². The van der Waals surface area contributed by atoms with Crippen LogP contribution in [0.4, 0.5) is 8.78 Å². The average molecular weight is 261 g/mol. The number of halogens is 2. The number of Topliss-reactive ketones (excluding diaryl/α,β-unsaturated/α-hetero) is 1. The summed E-state index contributed by atoms with van der Waals surface area (Å²) in [6.07, 6.45) is 1.46. The summed E-state index contributed by atoms with van der Waals surface area (Å²) in [6.45, 7) is 1.66. The van der Waals surface area contributed by atoms with Gasteiger partial charge in [0.25, 0.3) is 0 Å². The Bertz CT molecular complexity index is 594. The maximum Gasteiger partial charge on any atom is 0.143 e. The van der Waals surface area contributed by atoms with Crippen molar-refractivity contribution in [3.63, 3.8) is 0 Å². The molecule has 1 aromatic carbocycles. The number of carbonyl (C=O) groups is 1. The zero-order valence-corrected chi connectivity index (χ0v) is 10.5. The van der Waals surface area contributed by atoms with Gasteiger partial charge in [-0.2, -0.15) is 0 Å². The van der Waals surface area contributed by atoms with Gasteiger partial charge < -0.3 is 0 Å². The maximum atomic E-state index is 13.1. The van der Waals surface area contributed by atoms with Crippen LogP contribution >= 0.6 is 0 Å². The predicted molar refractivity (Wildman–Crippen MR) is 67.7 cm³/mol. The van der Waals surface area contributed by atoms with Crippen molar-refractivity contribution in [2.75, 3.05) is 0 Å². The number of rotatable bonds is 4. The first kappa shape index (κ1) is 13.3. The molecule has 4 heteroatoms. The van der Waals surface area contributed by atoms with Crippen LogP contribution in [0.5, 0.6) is 0 Å². The lowest BCUT2D eigenvalue weighted by molar-refractivity contribution is -0.117. The highest BCUT2D eigenvalue weighted by Gasteiger charge is 2.08. The number of pyridine rings is 1. The molecule has 0 saturated carbocycles. The minimum atomic E-state index is -0.426. The molecule has 0 unspecified atom stereocenters. The van der Waals surface area contributed by atoms with Crippen LogP contribution in [0, 0.1) is 18.6 Å². The summed E-state index contributed by atoms with van der Waals surface area (Å²) in [5.74, 6) is -0.744. The molecule has 0 bridgehead atoms. The number of aryl methyl sites for hydroxylation is 1. The van der Waals surface area contributed by atoms with Gasteiger partial charge in [0.2, 0.25) is 0 Å². The normalized spacial score (nSPS) is 10.5. The van der Waals surface area contributed by atoms with Gasteiger partial charge in [0, 0.05) is 18.5 Å². The van der Waals surface area contributed by atoms with E-state index in [4.69, 9.17) is 0 Å². The Balaban J connectivity index is 2.01. The van der Waals surface area contributed by atoms with Crippen LogP contribution < -0.4 is 0 Å². The molecule has 98 valence electrons. The molecule has 0 radical (unpaired) electrons. The minimum absolute atomic E-state index is 0.0369. The lowest BCUT2D eigenvalue weighted by Crippen LogP contribution is -2.08. The molecular formula is C15H13F2NO. The van der Waals surface area contributed by atoms with E-state index >= 15 is 0 Å². The summed E-state index contributed by atoms with van der Waals surface area (Å²) in [7, 11) is 0. The van der Waals surface area contributed by atoms with Crippen molar-refractivity contribution in [2.45, 2.75) is 19.8 Å². The van der Waals surface area contributed by atoms with Gasteiger partial charge in [-0.15, -0.1) is 0 Å². The smallest absolute Gasteiger partial charge is 0.143 e. The first-order valence-corrected chi connectivity index (χ1v) is 5.92. The van der Waals surface area contributed by atoms with Crippen molar-refractivity contribution in [3.05, 3.63) is 65.0 Å². The summed E-state index contributed by atoms with van der Waals surface area (Å²) < 4.78 is 25.8. The molecule has 19 heavy (non-hydrogen) atoms. The fourth-order valence-corrected chi connectivity index (χ4v) is 1.82. The molecule has 2 nitrogen and oxygen atoms in total. The monoisotopic (exact) mass is 261 g/mol. The van der Waals surface area contributed by atoms with E-state index in [1.807, 2.05) is 0 Å². The fourth-order valence-electron chi connectivity index (χ4n) is 1.82. The van der Waals surface area contributed by atoms with E-state index in [1.165, 1.54) is 18.2 Å². The van der Waals surface area contributed by atoms with Gasteiger partial charge in [0.15, 0.2) is 0 Å². The topological polar surface area (TPSA) is 30.0 Å². The third-order valence-corrected chi connectivity index (χ3v) is 2.79. The van der Waals surface area contributed by atoms with Crippen molar-refractivity contribution in [3.8, 4) is 0 Å².